The van der Waals surface area contributed by atoms with Crippen LogP contribution in [-0.2, 0) is 16.1 Å². The van der Waals surface area contributed by atoms with Gasteiger partial charge < -0.3 is 15.5 Å². The van der Waals surface area contributed by atoms with Gasteiger partial charge in [0.05, 0.1) is 22.9 Å². The molecule has 3 aromatic carbocycles. The number of benzene rings is 3. The number of rotatable bonds is 6. The molecular formula is C26H24FN3O3. The van der Waals surface area contributed by atoms with Crippen molar-refractivity contribution in [3.8, 4) is 0 Å². The minimum Gasteiger partial charge on any atom is -0.348 e. The van der Waals surface area contributed by atoms with E-state index < -0.39 is 11.7 Å². The number of carbonyl (C=O) groups is 3. The van der Waals surface area contributed by atoms with Crippen molar-refractivity contribution in [3.63, 3.8) is 0 Å². The molecule has 7 heteroatoms. The Morgan fingerprint density at radius 2 is 1.79 bits per heavy atom. The molecule has 2 N–H and O–H groups in total. The molecule has 0 aromatic heterocycles. The van der Waals surface area contributed by atoms with Crippen molar-refractivity contribution in [2.24, 2.45) is 5.92 Å². The summed E-state index contributed by atoms with van der Waals surface area (Å²) in [6, 6.07) is 20.5. The first-order valence-electron chi connectivity index (χ1n) is 10.7. The van der Waals surface area contributed by atoms with Crippen molar-refractivity contribution >= 4 is 29.1 Å². The Morgan fingerprint density at radius 1 is 1.03 bits per heavy atom. The van der Waals surface area contributed by atoms with Gasteiger partial charge in [-0.3, -0.25) is 14.4 Å². The highest BCUT2D eigenvalue weighted by Gasteiger charge is 2.36. The first-order valence-corrected chi connectivity index (χ1v) is 10.7. The fourth-order valence-electron chi connectivity index (χ4n) is 3.91. The van der Waals surface area contributed by atoms with Crippen LogP contribution in [0, 0.1) is 18.7 Å². The van der Waals surface area contributed by atoms with Crippen LogP contribution in [-0.4, -0.2) is 24.3 Å². The number of hydrogen-bond donors (Lipinski definition) is 2. The van der Waals surface area contributed by atoms with Crippen LogP contribution in [0.1, 0.15) is 27.9 Å². The normalized spacial score (nSPS) is 15.4. The van der Waals surface area contributed by atoms with Crippen molar-refractivity contribution in [3.05, 3.63) is 95.3 Å². The summed E-state index contributed by atoms with van der Waals surface area (Å²) in [4.78, 5) is 39.4. The monoisotopic (exact) mass is 445 g/mol. The molecule has 1 aliphatic heterocycles. The first kappa shape index (κ1) is 22.2. The summed E-state index contributed by atoms with van der Waals surface area (Å²) >= 11 is 0. The second-order valence-electron chi connectivity index (χ2n) is 8.06. The van der Waals surface area contributed by atoms with Crippen LogP contribution in [0.3, 0.4) is 0 Å². The molecule has 3 aromatic rings. The number of para-hydroxylation sites is 2. The Bertz CT molecular complexity index is 1210. The molecule has 4 rings (SSSR count). The van der Waals surface area contributed by atoms with E-state index in [-0.39, 0.29) is 36.4 Å². The average Bonchev–Trinajstić information content (AvgIpc) is 3.20. The maximum Gasteiger partial charge on any atom is 0.253 e. The highest BCUT2D eigenvalue weighted by atomic mass is 19.1. The van der Waals surface area contributed by atoms with Gasteiger partial charge in [0.2, 0.25) is 11.8 Å². The molecule has 0 radical (unpaired) electrons. The van der Waals surface area contributed by atoms with E-state index in [1.54, 1.807) is 36.4 Å². The van der Waals surface area contributed by atoms with E-state index in [2.05, 4.69) is 10.6 Å². The second-order valence-corrected chi connectivity index (χ2v) is 8.06. The Balaban J connectivity index is 1.43. The van der Waals surface area contributed by atoms with E-state index in [4.69, 9.17) is 0 Å². The van der Waals surface area contributed by atoms with Crippen LogP contribution in [0.5, 0.6) is 0 Å². The van der Waals surface area contributed by atoms with Gasteiger partial charge in [0.15, 0.2) is 0 Å². The highest BCUT2D eigenvalue weighted by Crippen LogP contribution is 2.28. The maximum absolute atomic E-state index is 14.1. The molecule has 3 amide bonds. The van der Waals surface area contributed by atoms with Crippen molar-refractivity contribution in [1.29, 1.82) is 0 Å². The fourth-order valence-corrected chi connectivity index (χ4v) is 3.91. The Kier molecular flexibility index (Phi) is 6.49. The molecule has 1 atom stereocenters. The van der Waals surface area contributed by atoms with Crippen molar-refractivity contribution < 1.29 is 18.8 Å². The Hall–Kier alpha value is -4.00. The highest BCUT2D eigenvalue weighted by molar-refractivity contribution is 6.07. The van der Waals surface area contributed by atoms with Crippen LogP contribution in [0.2, 0.25) is 0 Å². The minimum absolute atomic E-state index is 0.0259. The topological polar surface area (TPSA) is 78.5 Å². The molecule has 6 nitrogen and oxygen atoms in total. The molecule has 0 unspecified atom stereocenters. The van der Waals surface area contributed by atoms with Gasteiger partial charge in [-0.1, -0.05) is 54.1 Å². The Labute approximate surface area is 191 Å². The number of hydrogen-bond acceptors (Lipinski definition) is 3. The molecule has 0 aliphatic carbocycles. The van der Waals surface area contributed by atoms with Gasteiger partial charge in [0.1, 0.15) is 5.82 Å². The molecule has 1 heterocycles. The largest absolute Gasteiger partial charge is 0.348 e. The molecule has 1 saturated heterocycles. The van der Waals surface area contributed by atoms with Gasteiger partial charge in [-0.2, -0.15) is 0 Å². The zero-order valence-corrected chi connectivity index (χ0v) is 18.2. The summed E-state index contributed by atoms with van der Waals surface area (Å²) in [6.45, 7) is 2.42. The van der Waals surface area contributed by atoms with E-state index in [1.165, 1.54) is 17.0 Å². The van der Waals surface area contributed by atoms with E-state index in [9.17, 15) is 18.8 Å². The molecule has 33 heavy (non-hydrogen) atoms. The van der Waals surface area contributed by atoms with Crippen molar-refractivity contribution in [1.82, 2.24) is 5.32 Å². The van der Waals surface area contributed by atoms with Gasteiger partial charge >= 0.3 is 0 Å². The SMILES string of the molecule is Cc1cccc(CNC(=O)c2ccccc2NC(=O)[C@@H]2CC(=O)N(c3ccccc3F)C2)c1. The number of anilines is 2. The quantitative estimate of drug-likeness (QED) is 0.601. The van der Waals surface area contributed by atoms with Crippen LogP contribution in [0.15, 0.2) is 72.8 Å². The van der Waals surface area contributed by atoms with E-state index in [1.807, 2.05) is 31.2 Å². The molecule has 0 bridgehead atoms. The maximum atomic E-state index is 14.1. The minimum atomic E-state index is -0.652. The van der Waals surface area contributed by atoms with Gasteiger partial charge in [-0.25, -0.2) is 4.39 Å². The summed E-state index contributed by atoms with van der Waals surface area (Å²) in [5.74, 6) is -2.18. The van der Waals surface area contributed by atoms with Gasteiger partial charge in [-0.15, -0.1) is 0 Å². The van der Waals surface area contributed by atoms with Crippen LogP contribution >= 0.6 is 0 Å². The zero-order valence-electron chi connectivity index (χ0n) is 18.2. The third-order valence-corrected chi connectivity index (χ3v) is 5.60. The van der Waals surface area contributed by atoms with Crippen molar-refractivity contribution in [2.45, 2.75) is 19.9 Å². The molecular weight excluding hydrogens is 421 g/mol. The number of aryl methyl sites for hydroxylation is 1. The summed E-state index contributed by atoms with van der Waals surface area (Å²) in [7, 11) is 0. The lowest BCUT2D eigenvalue weighted by Gasteiger charge is -2.17. The molecule has 1 aliphatic rings. The lowest BCUT2D eigenvalue weighted by atomic mass is 10.1. The molecule has 0 saturated carbocycles. The molecule has 1 fully saturated rings. The van der Waals surface area contributed by atoms with E-state index in [0.29, 0.717) is 17.8 Å². The van der Waals surface area contributed by atoms with Crippen LogP contribution in [0.25, 0.3) is 0 Å². The third-order valence-electron chi connectivity index (χ3n) is 5.60. The summed E-state index contributed by atoms with van der Waals surface area (Å²) in [5, 5.41) is 5.65. The predicted octanol–water partition coefficient (Wildman–Crippen LogP) is 4.06. The predicted molar refractivity (Wildman–Crippen MR) is 124 cm³/mol. The smallest absolute Gasteiger partial charge is 0.253 e. The summed E-state index contributed by atoms with van der Waals surface area (Å²) in [5.41, 5.74) is 2.93. The lowest BCUT2D eigenvalue weighted by Crippen LogP contribution is -2.30. The Morgan fingerprint density at radius 3 is 2.58 bits per heavy atom. The lowest BCUT2D eigenvalue weighted by molar-refractivity contribution is -0.122. The van der Waals surface area contributed by atoms with E-state index in [0.717, 1.165) is 11.1 Å². The number of amides is 3. The van der Waals surface area contributed by atoms with Crippen molar-refractivity contribution in [2.75, 3.05) is 16.8 Å². The fraction of sp³-hybridized carbons (Fsp3) is 0.192. The number of nitrogens with one attached hydrogen (secondary N) is 2. The second kappa shape index (κ2) is 9.65. The number of nitrogens with zero attached hydrogens (tertiary/aromatic N) is 1. The van der Waals surface area contributed by atoms with Gasteiger partial charge in [0.25, 0.3) is 5.91 Å². The third kappa shape index (κ3) is 5.09. The number of halogens is 1. The summed E-state index contributed by atoms with van der Waals surface area (Å²) in [6.07, 6.45) is -0.0259. The standard InChI is InChI=1S/C26H24FN3O3/c1-17-7-6-8-18(13-17)15-28-26(33)20-9-2-4-11-22(20)29-25(32)19-14-24(31)30(16-19)23-12-5-3-10-21(23)27/h2-13,19H,14-16H2,1H3,(H,28,33)(H,29,32)/t19-/m1/s1. The number of carbonyl (C=O) groups excluding carboxylic acids is 3. The molecule has 0 spiro atoms. The van der Waals surface area contributed by atoms with E-state index >= 15 is 0 Å². The zero-order chi connectivity index (χ0) is 23.4. The van der Waals surface area contributed by atoms with Crippen LogP contribution < -0.4 is 15.5 Å². The molecule has 168 valence electrons. The van der Waals surface area contributed by atoms with Crippen LogP contribution in [0.4, 0.5) is 15.8 Å². The first-order chi connectivity index (χ1) is 15.9. The van der Waals surface area contributed by atoms with Gasteiger partial charge in [-0.05, 0) is 36.8 Å². The average molecular weight is 445 g/mol. The van der Waals surface area contributed by atoms with Gasteiger partial charge in [0, 0.05) is 19.5 Å². The summed E-state index contributed by atoms with van der Waals surface area (Å²) < 4.78 is 14.1.